The quantitative estimate of drug-likeness (QED) is 0.330. The molecule has 1 aliphatic rings. The van der Waals surface area contributed by atoms with Gasteiger partial charge >= 0.3 is 6.03 Å². The van der Waals surface area contributed by atoms with Crippen LogP contribution in [-0.4, -0.2) is 26.7 Å². The number of nitro groups is 1. The Labute approximate surface area is 189 Å². The molecule has 0 spiro atoms. The second kappa shape index (κ2) is 8.16. The minimum Gasteiger partial charge on any atom is -0.319 e. The molecule has 9 heteroatoms. The maximum Gasteiger partial charge on any atom is 0.325 e. The first-order chi connectivity index (χ1) is 15.2. The Morgan fingerprint density at radius 1 is 1.12 bits per heavy atom. The van der Waals surface area contributed by atoms with Crippen molar-refractivity contribution in [3.8, 4) is 10.6 Å². The van der Waals surface area contributed by atoms with Crippen LogP contribution in [0.3, 0.4) is 0 Å². The molecule has 0 radical (unpaired) electrons. The highest BCUT2D eigenvalue weighted by atomic mass is 32.1. The van der Waals surface area contributed by atoms with Crippen molar-refractivity contribution in [1.29, 1.82) is 0 Å². The van der Waals surface area contributed by atoms with Crippen LogP contribution in [0.1, 0.15) is 43.5 Å². The number of amides is 3. The van der Waals surface area contributed by atoms with E-state index in [9.17, 15) is 19.7 Å². The number of rotatable bonds is 6. The van der Waals surface area contributed by atoms with Crippen molar-refractivity contribution in [2.45, 2.75) is 38.8 Å². The largest absolute Gasteiger partial charge is 0.325 e. The number of aromatic nitrogens is 1. The fourth-order valence-corrected chi connectivity index (χ4v) is 4.45. The van der Waals surface area contributed by atoms with Crippen molar-refractivity contribution in [3.05, 3.63) is 80.8 Å². The SMILES string of the molecule is CC(C)c1ccc(-c2nc(CN3C(=O)NC(C)(c4ccc([N+](=O)[O-])cc4)C3=O)cs2)cc1. The molecule has 1 saturated heterocycles. The Morgan fingerprint density at radius 3 is 2.38 bits per heavy atom. The molecule has 1 aromatic heterocycles. The third-order valence-electron chi connectivity index (χ3n) is 5.63. The lowest BCUT2D eigenvalue weighted by Gasteiger charge is -2.21. The molecule has 32 heavy (non-hydrogen) atoms. The maximum absolute atomic E-state index is 13.1. The van der Waals surface area contributed by atoms with Gasteiger partial charge in [0.25, 0.3) is 11.6 Å². The number of imide groups is 1. The standard InChI is InChI=1S/C23H22N4O4S/c1-14(2)15-4-6-16(7-5-15)20-24-18(13-32-20)12-26-21(28)23(3,25-22(26)29)17-8-10-19(11-9-17)27(30)31/h4-11,13-14H,12H2,1-3H3,(H,25,29). The highest BCUT2D eigenvalue weighted by Crippen LogP contribution is 2.32. The summed E-state index contributed by atoms with van der Waals surface area (Å²) in [5, 5.41) is 16.3. The smallest absolute Gasteiger partial charge is 0.319 e. The van der Waals surface area contributed by atoms with Crippen molar-refractivity contribution < 1.29 is 14.5 Å². The van der Waals surface area contributed by atoms with E-state index in [0.717, 1.165) is 15.5 Å². The molecule has 4 rings (SSSR count). The predicted octanol–water partition coefficient (Wildman–Crippen LogP) is 4.81. The van der Waals surface area contributed by atoms with Gasteiger partial charge in [0.1, 0.15) is 10.5 Å². The van der Waals surface area contributed by atoms with Crippen molar-refractivity contribution in [1.82, 2.24) is 15.2 Å². The van der Waals surface area contributed by atoms with Crippen molar-refractivity contribution in [2.75, 3.05) is 0 Å². The maximum atomic E-state index is 13.1. The van der Waals surface area contributed by atoms with E-state index < -0.39 is 22.4 Å². The Kier molecular flexibility index (Phi) is 5.52. The number of nitrogens with one attached hydrogen (secondary N) is 1. The van der Waals surface area contributed by atoms with Gasteiger partial charge in [-0.15, -0.1) is 11.3 Å². The first kappa shape index (κ1) is 21.6. The van der Waals surface area contributed by atoms with Gasteiger partial charge in [-0.05, 0) is 36.1 Å². The Balaban J connectivity index is 1.52. The molecule has 3 amide bonds. The van der Waals surface area contributed by atoms with E-state index in [1.54, 1.807) is 6.92 Å². The zero-order valence-electron chi connectivity index (χ0n) is 17.9. The molecule has 1 fully saturated rings. The number of nitrogens with zero attached hydrogens (tertiary/aromatic N) is 3. The lowest BCUT2D eigenvalue weighted by Crippen LogP contribution is -2.40. The van der Waals surface area contributed by atoms with E-state index in [1.807, 2.05) is 17.5 Å². The average molecular weight is 451 g/mol. The monoisotopic (exact) mass is 450 g/mol. The third-order valence-corrected chi connectivity index (χ3v) is 6.57. The molecule has 164 valence electrons. The molecule has 2 aromatic carbocycles. The number of hydrogen-bond acceptors (Lipinski definition) is 6. The lowest BCUT2D eigenvalue weighted by atomic mass is 9.92. The Hall–Kier alpha value is -3.59. The molecule has 0 bridgehead atoms. The predicted molar refractivity (Wildman–Crippen MR) is 121 cm³/mol. The molecule has 1 atom stereocenters. The van der Waals surface area contributed by atoms with Crippen LogP contribution in [-0.2, 0) is 16.9 Å². The van der Waals surface area contributed by atoms with Gasteiger partial charge < -0.3 is 5.32 Å². The van der Waals surface area contributed by atoms with Crippen LogP contribution in [0.2, 0.25) is 0 Å². The highest BCUT2D eigenvalue weighted by molar-refractivity contribution is 7.13. The summed E-state index contributed by atoms with van der Waals surface area (Å²) in [6.07, 6.45) is 0. The number of urea groups is 1. The van der Waals surface area contributed by atoms with E-state index in [1.165, 1.54) is 41.2 Å². The van der Waals surface area contributed by atoms with Crippen LogP contribution >= 0.6 is 11.3 Å². The number of carbonyl (C=O) groups is 2. The van der Waals surface area contributed by atoms with Gasteiger partial charge in [0.2, 0.25) is 0 Å². The van der Waals surface area contributed by atoms with Gasteiger partial charge in [0.05, 0.1) is 17.2 Å². The normalized spacial score (nSPS) is 18.3. The molecule has 3 aromatic rings. The van der Waals surface area contributed by atoms with Crippen LogP contribution in [0, 0.1) is 10.1 Å². The van der Waals surface area contributed by atoms with Gasteiger partial charge in [-0.25, -0.2) is 9.78 Å². The fraction of sp³-hybridized carbons (Fsp3) is 0.261. The Morgan fingerprint density at radius 2 is 1.78 bits per heavy atom. The van der Waals surface area contributed by atoms with Crippen molar-refractivity contribution in [2.24, 2.45) is 0 Å². The summed E-state index contributed by atoms with van der Waals surface area (Å²) in [7, 11) is 0. The summed E-state index contributed by atoms with van der Waals surface area (Å²) in [5.41, 5.74) is 1.96. The molecule has 0 saturated carbocycles. The van der Waals surface area contributed by atoms with Crippen molar-refractivity contribution in [3.63, 3.8) is 0 Å². The summed E-state index contributed by atoms with van der Waals surface area (Å²) in [4.78, 5) is 41.8. The summed E-state index contributed by atoms with van der Waals surface area (Å²) >= 11 is 1.46. The van der Waals surface area contributed by atoms with Crippen LogP contribution in [0.25, 0.3) is 10.6 Å². The molecule has 1 aliphatic heterocycles. The van der Waals surface area contributed by atoms with E-state index >= 15 is 0 Å². The van der Waals surface area contributed by atoms with Crippen molar-refractivity contribution >= 4 is 29.0 Å². The molecule has 1 N–H and O–H groups in total. The van der Waals surface area contributed by atoms with Gasteiger partial charge in [0, 0.05) is 23.1 Å². The molecular weight excluding hydrogens is 428 g/mol. The zero-order valence-corrected chi connectivity index (χ0v) is 18.7. The molecule has 2 heterocycles. The highest BCUT2D eigenvalue weighted by Gasteiger charge is 2.49. The van der Waals surface area contributed by atoms with Gasteiger partial charge in [0.15, 0.2) is 0 Å². The zero-order chi connectivity index (χ0) is 23.0. The number of hydrogen-bond donors (Lipinski definition) is 1. The minimum atomic E-state index is -1.29. The summed E-state index contributed by atoms with van der Waals surface area (Å²) in [6.45, 7) is 5.92. The Bertz CT molecular complexity index is 1190. The number of nitro benzene ring substituents is 1. The van der Waals surface area contributed by atoms with Crippen LogP contribution in [0.15, 0.2) is 53.9 Å². The van der Waals surface area contributed by atoms with E-state index in [0.29, 0.717) is 17.2 Å². The second-order valence-corrected chi connectivity index (χ2v) is 9.03. The second-order valence-electron chi connectivity index (χ2n) is 8.17. The van der Waals surface area contributed by atoms with E-state index in [2.05, 4.69) is 36.3 Å². The van der Waals surface area contributed by atoms with Crippen LogP contribution in [0.5, 0.6) is 0 Å². The van der Waals surface area contributed by atoms with Crippen LogP contribution < -0.4 is 5.32 Å². The molecule has 1 unspecified atom stereocenters. The molecular formula is C23H22N4O4S. The number of non-ortho nitro benzene ring substituents is 1. The first-order valence-corrected chi connectivity index (χ1v) is 11.0. The number of carbonyl (C=O) groups excluding carboxylic acids is 2. The lowest BCUT2D eigenvalue weighted by molar-refractivity contribution is -0.384. The fourth-order valence-electron chi connectivity index (χ4n) is 3.64. The van der Waals surface area contributed by atoms with E-state index in [4.69, 9.17) is 0 Å². The van der Waals surface area contributed by atoms with E-state index in [-0.39, 0.29) is 12.2 Å². The summed E-state index contributed by atoms with van der Waals surface area (Å²) in [6, 6.07) is 13.3. The molecule has 8 nitrogen and oxygen atoms in total. The van der Waals surface area contributed by atoms with Crippen LogP contribution in [0.4, 0.5) is 10.5 Å². The third kappa shape index (κ3) is 3.87. The minimum absolute atomic E-state index is 0.0494. The number of thiazole rings is 1. The first-order valence-electron chi connectivity index (χ1n) is 10.1. The summed E-state index contributed by atoms with van der Waals surface area (Å²) < 4.78 is 0. The average Bonchev–Trinajstić information content (AvgIpc) is 3.33. The van der Waals surface area contributed by atoms with Gasteiger partial charge in [-0.1, -0.05) is 38.1 Å². The summed E-state index contributed by atoms with van der Waals surface area (Å²) in [5.74, 6) is 0.0212. The van der Waals surface area contributed by atoms with Gasteiger partial charge in [-0.3, -0.25) is 19.8 Å². The van der Waals surface area contributed by atoms with Gasteiger partial charge in [-0.2, -0.15) is 0 Å². The topological polar surface area (TPSA) is 105 Å². The molecule has 0 aliphatic carbocycles. The number of benzene rings is 2.